The van der Waals surface area contributed by atoms with Crippen molar-refractivity contribution in [3.63, 3.8) is 0 Å². The van der Waals surface area contributed by atoms with Gasteiger partial charge in [0.2, 0.25) is 5.91 Å². The van der Waals surface area contributed by atoms with Crippen LogP contribution in [0, 0.1) is 0 Å². The normalized spacial score (nSPS) is 16.1. The number of carbonyl (C=O) groups is 2. The monoisotopic (exact) mass is 423 g/mol. The summed E-state index contributed by atoms with van der Waals surface area (Å²) < 4.78 is 11.0. The highest BCUT2D eigenvalue weighted by molar-refractivity contribution is 5.98. The molecule has 1 saturated heterocycles. The lowest BCUT2D eigenvalue weighted by molar-refractivity contribution is -0.121. The number of rotatable bonds is 7. The molecule has 0 unspecified atom stereocenters. The second-order valence-electron chi connectivity index (χ2n) is 7.98. The fraction of sp³-hybridized carbons (Fsp3) is 0.417. The van der Waals surface area contributed by atoms with Crippen LogP contribution in [-0.2, 0) is 11.3 Å². The number of carbonyl (C=O) groups excluding carboxylic acids is 2. The van der Waals surface area contributed by atoms with Gasteiger partial charge in [0.15, 0.2) is 17.3 Å². The molecule has 0 spiro atoms. The predicted molar refractivity (Wildman–Crippen MR) is 119 cm³/mol. The molecule has 2 aromatic rings. The fourth-order valence-electron chi connectivity index (χ4n) is 3.89. The molecule has 164 valence electrons. The van der Waals surface area contributed by atoms with Crippen molar-refractivity contribution in [2.24, 2.45) is 0 Å². The van der Waals surface area contributed by atoms with E-state index in [1.807, 2.05) is 18.2 Å². The van der Waals surface area contributed by atoms with Crippen LogP contribution in [0.3, 0.4) is 0 Å². The maximum absolute atomic E-state index is 12.5. The minimum Gasteiger partial charge on any atom is -0.486 e. The highest BCUT2D eigenvalue weighted by Gasteiger charge is 2.18. The van der Waals surface area contributed by atoms with Gasteiger partial charge in [-0.25, -0.2) is 0 Å². The van der Waals surface area contributed by atoms with E-state index in [4.69, 9.17) is 9.47 Å². The van der Waals surface area contributed by atoms with Crippen molar-refractivity contribution in [1.29, 1.82) is 0 Å². The molecule has 0 bridgehead atoms. The van der Waals surface area contributed by atoms with Crippen molar-refractivity contribution in [1.82, 2.24) is 10.2 Å². The summed E-state index contributed by atoms with van der Waals surface area (Å²) in [5.74, 6) is 1.03. The number of hydrogen-bond acceptors (Lipinski definition) is 6. The molecule has 2 aliphatic rings. The van der Waals surface area contributed by atoms with Gasteiger partial charge in [0.25, 0.3) is 0 Å². The zero-order valence-corrected chi connectivity index (χ0v) is 17.9. The third-order valence-electron chi connectivity index (χ3n) is 5.75. The van der Waals surface area contributed by atoms with Crippen LogP contribution in [0.1, 0.15) is 28.8 Å². The molecule has 2 aromatic carbocycles. The van der Waals surface area contributed by atoms with E-state index in [1.165, 1.54) is 5.69 Å². The summed E-state index contributed by atoms with van der Waals surface area (Å²) in [5.41, 5.74) is 2.80. The van der Waals surface area contributed by atoms with Gasteiger partial charge in [0, 0.05) is 56.8 Å². The Bertz CT molecular complexity index is 938. The Labute approximate surface area is 182 Å². The van der Waals surface area contributed by atoms with E-state index in [0.717, 1.165) is 31.7 Å². The van der Waals surface area contributed by atoms with Crippen LogP contribution in [-0.4, -0.2) is 63.0 Å². The molecular formula is C24H29N3O4. The third kappa shape index (κ3) is 5.35. The third-order valence-corrected chi connectivity index (χ3v) is 5.75. The Kier molecular flexibility index (Phi) is 6.72. The fourth-order valence-corrected chi connectivity index (χ4v) is 3.89. The number of ketones is 1. The van der Waals surface area contributed by atoms with Crippen molar-refractivity contribution in [3.05, 3.63) is 53.6 Å². The van der Waals surface area contributed by atoms with Crippen LogP contribution < -0.4 is 19.7 Å². The lowest BCUT2D eigenvalue weighted by atomic mass is 10.1. The van der Waals surface area contributed by atoms with Crippen LogP contribution in [0.15, 0.2) is 42.5 Å². The quantitative estimate of drug-likeness (QED) is 0.690. The largest absolute Gasteiger partial charge is 0.486 e. The van der Waals surface area contributed by atoms with Crippen LogP contribution in [0.4, 0.5) is 5.69 Å². The molecule has 7 nitrogen and oxygen atoms in total. The molecule has 7 heteroatoms. The summed E-state index contributed by atoms with van der Waals surface area (Å²) in [5, 5.41) is 2.97. The highest BCUT2D eigenvalue weighted by Crippen LogP contribution is 2.31. The summed E-state index contributed by atoms with van der Waals surface area (Å²) in [7, 11) is 2.13. The number of nitrogens with one attached hydrogen (secondary N) is 1. The van der Waals surface area contributed by atoms with Gasteiger partial charge in [0.05, 0.1) is 0 Å². The van der Waals surface area contributed by atoms with Gasteiger partial charge in [-0.15, -0.1) is 0 Å². The van der Waals surface area contributed by atoms with E-state index in [-0.39, 0.29) is 24.5 Å². The summed E-state index contributed by atoms with van der Waals surface area (Å²) >= 11 is 0. The first-order chi connectivity index (χ1) is 15.1. The molecule has 2 aliphatic heterocycles. The lowest BCUT2D eigenvalue weighted by Crippen LogP contribution is -2.45. The first-order valence-electron chi connectivity index (χ1n) is 10.8. The van der Waals surface area contributed by atoms with E-state index in [1.54, 1.807) is 18.2 Å². The Hall–Kier alpha value is -3.06. The Balaban J connectivity index is 1.28. The number of anilines is 1. The predicted octanol–water partition coefficient (Wildman–Crippen LogP) is 2.49. The smallest absolute Gasteiger partial charge is 0.220 e. The molecule has 0 saturated carbocycles. The second kappa shape index (κ2) is 9.83. The van der Waals surface area contributed by atoms with Crippen molar-refractivity contribution in [2.75, 3.05) is 51.3 Å². The van der Waals surface area contributed by atoms with E-state index in [2.05, 4.69) is 28.2 Å². The Morgan fingerprint density at radius 1 is 0.935 bits per heavy atom. The van der Waals surface area contributed by atoms with Crippen molar-refractivity contribution in [2.45, 2.75) is 19.4 Å². The number of nitrogens with zero attached hydrogens (tertiary/aromatic N) is 2. The average molecular weight is 424 g/mol. The minimum atomic E-state index is -0.126. The summed E-state index contributed by atoms with van der Waals surface area (Å²) in [6.45, 7) is 5.46. The van der Waals surface area contributed by atoms with E-state index < -0.39 is 0 Å². The number of piperazine rings is 1. The Morgan fingerprint density at radius 2 is 1.68 bits per heavy atom. The maximum atomic E-state index is 12.5. The summed E-state index contributed by atoms with van der Waals surface area (Å²) in [6, 6.07) is 13.3. The first-order valence-corrected chi connectivity index (χ1v) is 10.8. The zero-order valence-electron chi connectivity index (χ0n) is 17.9. The number of hydrogen-bond donors (Lipinski definition) is 1. The average Bonchev–Trinajstić information content (AvgIpc) is 2.81. The van der Waals surface area contributed by atoms with Crippen LogP contribution in [0.5, 0.6) is 11.5 Å². The van der Waals surface area contributed by atoms with Gasteiger partial charge in [0.1, 0.15) is 13.2 Å². The topological polar surface area (TPSA) is 71.1 Å². The molecule has 1 fully saturated rings. The van der Waals surface area contributed by atoms with Crippen molar-refractivity contribution < 1.29 is 19.1 Å². The van der Waals surface area contributed by atoms with E-state index >= 15 is 0 Å². The molecule has 1 N–H and O–H groups in total. The molecular weight excluding hydrogens is 394 g/mol. The molecule has 0 aromatic heterocycles. The lowest BCUT2D eigenvalue weighted by Gasteiger charge is -2.35. The van der Waals surface area contributed by atoms with Gasteiger partial charge in [-0.3, -0.25) is 9.59 Å². The second-order valence-corrected chi connectivity index (χ2v) is 7.98. The molecule has 4 rings (SSSR count). The standard InChI is InChI=1S/C24H29N3O4/c1-26-10-12-27(13-11-26)20-5-3-2-4-19(20)17-25-24(29)9-7-21(28)18-6-8-22-23(16-18)31-15-14-30-22/h2-6,8,16H,7,9-15,17H2,1H3,(H,25,29). The van der Waals surface area contributed by atoms with Crippen molar-refractivity contribution >= 4 is 17.4 Å². The molecule has 0 aliphatic carbocycles. The highest BCUT2D eigenvalue weighted by atomic mass is 16.6. The molecule has 0 atom stereocenters. The molecule has 2 heterocycles. The SMILES string of the molecule is CN1CCN(c2ccccc2CNC(=O)CCC(=O)c2ccc3c(c2)OCCO3)CC1. The number of likely N-dealkylation sites (N-methyl/N-ethyl adjacent to an activating group) is 1. The number of fused-ring (bicyclic) bond motifs is 1. The van der Waals surface area contributed by atoms with Crippen molar-refractivity contribution in [3.8, 4) is 11.5 Å². The minimum absolute atomic E-state index is 0.0787. The maximum Gasteiger partial charge on any atom is 0.220 e. The van der Waals surface area contributed by atoms with Crippen LogP contribution in [0.25, 0.3) is 0 Å². The Morgan fingerprint density at radius 3 is 2.48 bits per heavy atom. The number of benzene rings is 2. The van der Waals surface area contributed by atoms with Crippen LogP contribution >= 0.6 is 0 Å². The van der Waals surface area contributed by atoms with E-state index in [9.17, 15) is 9.59 Å². The van der Waals surface area contributed by atoms with Gasteiger partial charge < -0.3 is 24.6 Å². The number of amides is 1. The van der Waals surface area contributed by atoms with Gasteiger partial charge in [-0.1, -0.05) is 18.2 Å². The molecule has 1 amide bonds. The van der Waals surface area contributed by atoms with E-state index in [0.29, 0.717) is 36.8 Å². The van der Waals surface area contributed by atoms with Gasteiger partial charge in [-0.05, 0) is 36.9 Å². The molecule has 0 radical (unpaired) electrons. The van der Waals surface area contributed by atoms with Crippen LogP contribution in [0.2, 0.25) is 0 Å². The number of para-hydroxylation sites is 1. The summed E-state index contributed by atoms with van der Waals surface area (Å²) in [4.78, 5) is 29.6. The summed E-state index contributed by atoms with van der Waals surface area (Å²) in [6.07, 6.45) is 0.315. The first kappa shape index (κ1) is 21.2. The number of ether oxygens (including phenoxy) is 2. The van der Waals surface area contributed by atoms with Gasteiger partial charge >= 0.3 is 0 Å². The number of Topliss-reactive ketones (excluding diaryl/α,β-unsaturated/α-hetero) is 1. The zero-order chi connectivity index (χ0) is 21.6. The van der Waals surface area contributed by atoms with Gasteiger partial charge in [-0.2, -0.15) is 0 Å². The molecule has 31 heavy (non-hydrogen) atoms.